The topological polar surface area (TPSA) is 12.5 Å². The lowest BCUT2D eigenvalue weighted by Crippen LogP contribution is -2.34. The number of hydrogen-bond donors (Lipinski definition) is 0. The second kappa shape index (κ2) is 12.9. The van der Waals surface area contributed by atoms with Crippen LogP contribution in [0.4, 0.5) is 0 Å². The van der Waals surface area contributed by atoms with Crippen molar-refractivity contribution in [3.63, 3.8) is 0 Å². The number of hydrogen-bond acceptors (Lipinski definition) is 2. The van der Waals surface area contributed by atoms with Gasteiger partial charge in [0.25, 0.3) is 0 Å². The van der Waals surface area contributed by atoms with E-state index in [0.717, 1.165) is 26.3 Å². The molecule has 0 bridgehead atoms. The molecular weight excluding hydrogens is 234 g/mol. The van der Waals surface area contributed by atoms with Crippen LogP contribution in [0, 0.1) is 0 Å². The average Bonchev–Trinajstić information content (AvgIpc) is 2.54. The molecule has 19 heavy (non-hydrogen) atoms. The number of nitrogens with zero attached hydrogens (tertiary/aromatic N) is 1. The number of ether oxygens (including phenoxy) is 1. The van der Waals surface area contributed by atoms with Gasteiger partial charge in [0.1, 0.15) is 0 Å². The number of rotatable bonds is 2. The van der Waals surface area contributed by atoms with Crippen molar-refractivity contribution < 1.29 is 4.74 Å². The van der Waals surface area contributed by atoms with Gasteiger partial charge in [-0.15, -0.1) is 0 Å². The second-order valence-corrected chi connectivity index (χ2v) is 3.67. The monoisotopic (exact) mass is 261 g/mol. The molecule has 1 aromatic rings. The zero-order chi connectivity index (χ0) is 14.3. The predicted octanol–water partition coefficient (Wildman–Crippen LogP) is 4.12. The third-order valence-corrected chi connectivity index (χ3v) is 2.55. The van der Waals surface area contributed by atoms with E-state index in [1.54, 1.807) is 0 Å². The van der Waals surface area contributed by atoms with E-state index in [0.29, 0.717) is 0 Å². The molecule has 106 valence electrons. The van der Waals surface area contributed by atoms with Crippen LogP contribution in [0.3, 0.4) is 0 Å². The van der Waals surface area contributed by atoms with E-state index in [2.05, 4.69) is 17.6 Å². The third kappa shape index (κ3) is 8.22. The summed E-state index contributed by atoms with van der Waals surface area (Å²) in [6.45, 7) is 13.5. The van der Waals surface area contributed by atoms with Crippen molar-refractivity contribution in [1.82, 2.24) is 4.90 Å². The van der Waals surface area contributed by atoms with Gasteiger partial charge in [0.2, 0.25) is 0 Å². The van der Waals surface area contributed by atoms with Crippen LogP contribution in [-0.2, 0) is 4.74 Å². The molecule has 2 rings (SSSR count). The predicted molar refractivity (Wildman–Crippen MR) is 84.1 cm³/mol. The number of morpholine rings is 1. The summed E-state index contributed by atoms with van der Waals surface area (Å²) in [5, 5.41) is 0. The van der Waals surface area contributed by atoms with Crippen molar-refractivity contribution in [1.29, 1.82) is 0 Å². The largest absolute Gasteiger partial charge is 0.378 e. The smallest absolute Gasteiger partial charge is 0.0642 e. The molecule has 0 unspecified atom stereocenters. The zero-order valence-corrected chi connectivity index (χ0v) is 12.5. The summed E-state index contributed by atoms with van der Waals surface area (Å²) in [6.07, 6.45) is 3.98. The van der Waals surface area contributed by atoms with Gasteiger partial charge < -0.3 is 9.64 Å². The molecule has 0 aromatic heterocycles. The first kappa shape index (κ1) is 17.5. The molecule has 1 aliphatic heterocycles. The van der Waals surface area contributed by atoms with Crippen molar-refractivity contribution in [3.05, 3.63) is 60.8 Å². The summed E-state index contributed by atoms with van der Waals surface area (Å²) in [7, 11) is 0. The Labute approximate surface area is 118 Å². The van der Waals surface area contributed by atoms with Crippen molar-refractivity contribution in [2.75, 3.05) is 26.3 Å². The minimum Gasteiger partial charge on any atom is -0.378 e. The van der Waals surface area contributed by atoms with Crippen LogP contribution in [0.5, 0.6) is 0 Å². The molecular formula is C17H27NO. The second-order valence-electron chi connectivity index (χ2n) is 3.67. The zero-order valence-electron chi connectivity index (χ0n) is 12.5. The molecule has 0 radical (unpaired) electrons. The van der Waals surface area contributed by atoms with Gasteiger partial charge in [-0.3, -0.25) is 0 Å². The van der Waals surface area contributed by atoms with E-state index in [-0.39, 0.29) is 0 Å². The fourth-order valence-corrected chi connectivity index (χ4v) is 1.64. The molecule has 2 nitrogen and oxygen atoms in total. The highest BCUT2D eigenvalue weighted by Crippen LogP contribution is 2.07. The Hall–Kier alpha value is -1.54. The number of benzene rings is 1. The van der Waals surface area contributed by atoms with Crippen molar-refractivity contribution >= 4 is 0 Å². The lowest BCUT2D eigenvalue weighted by molar-refractivity contribution is 0.0553. The van der Waals surface area contributed by atoms with Gasteiger partial charge in [0.15, 0.2) is 0 Å². The van der Waals surface area contributed by atoms with E-state index in [1.807, 2.05) is 63.2 Å². The lowest BCUT2D eigenvalue weighted by atomic mass is 10.3. The molecule has 1 heterocycles. The van der Waals surface area contributed by atoms with Crippen LogP contribution < -0.4 is 0 Å². The standard InChI is InChI=1S/C9H15NO.C6H6.C2H6/c1-3-9(4-2)10-5-7-11-8-6-10;1-2-4-6-5-3-1;1-2/h3-4H,1,5-8H2,2H3;1-6H;1-2H3/b9-4+;;. The van der Waals surface area contributed by atoms with Gasteiger partial charge in [-0.2, -0.15) is 0 Å². The Bertz CT molecular complexity index is 300. The fraction of sp³-hybridized carbons (Fsp3) is 0.412. The maximum absolute atomic E-state index is 5.24. The molecule has 1 aromatic carbocycles. The average molecular weight is 261 g/mol. The summed E-state index contributed by atoms with van der Waals surface area (Å²) in [6, 6.07) is 12.0. The van der Waals surface area contributed by atoms with Crippen molar-refractivity contribution in [2.45, 2.75) is 20.8 Å². The summed E-state index contributed by atoms with van der Waals surface area (Å²) >= 11 is 0. The normalized spacial score (nSPS) is 14.5. The Morgan fingerprint density at radius 3 is 1.74 bits per heavy atom. The van der Waals surface area contributed by atoms with E-state index >= 15 is 0 Å². The molecule has 1 fully saturated rings. The van der Waals surface area contributed by atoms with Gasteiger partial charge in [0, 0.05) is 18.8 Å². The van der Waals surface area contributed by atoms with Crippen LogP contribution in [0.15, 0.2) is 60.8 Å². The van der Waals surface area contributed by atoms with E-state index in [1.165, 1.54) is 5.70 Å². The van der Waals surface area contributed by atoms with E-state index < -0.39 is 0 Å². The molecule has 0 aliphatic carbocycles. The first-order chi connectivity index (χ1) is 9.38. The maximum Gasteiger partial charge on any atom is 0.0642 e. The highest BCUT2D eigenvalue weighted by Gasteiger charge is 2.09. The summed E-state index contributed by atoms with van der Waals surface area (Å²) < 4.78 is 5.24. The fourth-order valence-electron chi connectivity index (χ4n) is 1.64. The van der Waals surface area contributed by atoms with Gasteiger partial charge in [-0.25, -0.2) is 0 Å². The SMILES string of the molecule is C=C/C(=C\C)N1CCOCC1.CC.c1ccccc1. The maximum atomic E-state index is 5.24. The molecule has 0 N–H and O–H groups in total. The Kier molecular flexibility index (Phi) is 11.9. The minimum absolute atomic E-state index is 0.838. The first-order valence-corrected chi connectivity index (χ1v) is 7.00. The van der Waals surface area contributed by atoms with Crippen LogP contribution in [-0.4, -0.2) is 31.2 Å². The van der Waals surface area contributed by atoms with Crippen molar-refractivity contribution in [3.8, 4) is 0 Å². The summed E-state index contributed by atoms with van der Waals surface area (Å²) in [5.41, 5.74) is 1.22. The molecule has 0 spiro atoms. The van der Waals surface area contributed by atoms with E-state index in [9.17, 15) is 0 Å². The highest BCUT2D eigenvalue weighted by atomic mass is 16.5. The third-order valence-electron chi connectivity index (χ3n) is 2.55. The number of allylic oxidation sites excluding steroid dienone is 2. The summed E-state index contributed by atoms with van der Waals surface area (Å²) in [5.74, 6) is 0. The van der Waals surface area contributed by atoms with Crippen LogP contribution in [0.2, 0.25) is 0 Å². The Morgan fingerprint density at radius 1 is 1.00 bits per heavy atom. The van der Waals surface area contributed by atoms with Gasteiger partial charge in [0.05, 0.1) is 13.2 Å². The van der Waals surface area contributed by atoms with Crippen LogP contribution in [0.1, 0.15) is 20.8 Å². The van der Waals surface area contributed by atoms with Gasteiger partial charge in [-0.1, -0.05) is 62.9 Å². The molecule has 0 amide bonds. The first-order valence-electron chi connectivity index (χ1n) is 7.00. The minimum atomic E-state index is 0.838. The van der Waals surface area contributed by atoms with Crippen molar-refractivity contribution in [2.24, 2.45) is 0 Å². The van der Waals surface area contributed by atoms with Crippen LogP contribution >= 0.6 is 0 Å². The van der Waals surface area contributed by atoms with E-state index in [4.69, 9.17) is 4.74 Å². The molecule has 0 atom stereocenters. The molecule has 1 aliphatic rings. The van der Waals surface area contributed by atoms with Gasteiger partial charge in [-0.05, 0) is 13.0 Å². The van der Waals surface area contributed by atoms with Crippen LogP contribution in [0.25, 0.3) is 0 Å². The van der Waals surface area contributed by atoms with Gasteiger partial charge >= 0.3 is 0 Å². The highest BCUT2D eigenvalue weighted by molar-refractivity contribution is 5.14. The lowest BCUT2D eigenvalue weighted by Gasteiger charge is -2.29. The quantitative estimate of drug-likeness (QED) is 0.742. The Morgan fingerprint density at radius 2 is 1.42 bits per heavy atom. The Balaban J connectivity index is 0.000000341. The summed E-state index contributed by atoms with van der Waals surface area (Å²) in [4.78, 5) is 2.29. The molecule has 1 saturated heterocycles. The molecule has 2 heteroatoms. The molecule has 0 saturated carbocycles.